The molecule has 114 valence electrons. The molecule has 0 aromatic heterocycles. The molecule has 0 radical (unpaired) electrons. The highest BCUT2D eigenvalue weighted by atomic mass is 19.4. The van der Waals surface area contributed by atoms with E-state index in [-0.39, 0.29) is 30.0 Å². The zero-order valence-electron chi connectivity index (χ0n) is 11.6. The van der Waals surface area contributed by atoms with Crippen molar-refractivity contribution in [3.8, 4) is 0 Å². The number of hydrogen-bond acceptors (Lipinski definition) is 2. The van der Waals surface area contributed by atoms with Crippen LogP contribution in [0.5, 0.6) is 0 Å². The van der Waals surface area contributed by atoms with Gasteiger partial charge in [0.25, 0.3) is 0 Å². The Hall–Kier alpha value is -2.05. The molecule has 7 heteroatoms. The van der Waals surface area contributed by atoms with Crippen LogP contribution in [0.2, 0.25) is 0 Å². The van der Waals surface area contributed by atoms with Crippen LogP contribution in [0, 0.1) is 5.92 Å². The van der Waals surface area contributed by atoms with Gasteiger partial charge in [-0.25, -0.2) is 0 Å². The maximum atomic E-state index is 12.5. The molecular formula is C14H15F3N2O2. The first-order valence-electron chi connectivity index (χ1n) is 6.48. The van der Waals surface area contributed by atoms with Gasteiger partial charge < -0.3 is 10.2 Å². The van der Waals surface area contributed by atoms with Crippen molar-refractivity contribution in [2.24, 2.45) is 5.92 Å². The van der Waals surface area contributed by atoms with Crippen molar-refractivity contribution in [1.29, 1.82) is 0 Å². The van der Waals surface area contributed by atoms with Crippen LogP contribution in [-0.4, -0.2) is 24.4 Å². The van der Waals surface area contributed by atoms with Crippen molar-refractivity contribution >= 4 is 17.5 Å². The van der Waals surface area contributed by atoms with E-state index in [0.29, 0.717) is 0 Å². The van der Waals surface area contributed by atoms with Crippen molar-refractivity contribution in [3.05, 3.63) is 29.8 Å². The SMILES string of the molecule is CC(C)C1NC(=O)CN(c2ccc(C(F)(F)F)cc2)C1=O. The van der Waals surface area contributed by atoms with Gasteiger partial charge in [0.2, 0.25) is 11.8 Å². The van der Waals surface area contributed by atoms with Crippen LogP contribution < -0.4 is 10.2 Å². The molecule has 0 saturated carbocycles. The monoisotopic (exact) mass is 300 g/mol. The minimum absolute atomic E-state index is 0.0984. The van der Waals surface area contributed by atoms with Gasteiger partial charge in [-0.15, -0.1) is 0 Å². The molecule has 0 aliphatic carbocycles. The summed E-state index contributed by atoms with van der Waals surface area (Å²) in [6.07, 6.45) is -4.43. The number of halogens is 3. The van der Waals surface area contributed by atoms with Gasteiger partial charge in [0.05, 0.1) is 5.56 Å². The Morgan fingerprint density at radius 3 is 2.24 bits per heavy atom. The number of piperazine rings is 1. The van der Waals surface area contributed by atoms with Crippen molar-refractivity contribution in [2.75, 3.05) is 11.4 Å². The third kappa shape index (κ3) is 3.17. The molecule has 21 heavy (non-hydrogen) atoms. The second kappa shape index (κ2) is 5.38. The zero-order valence-corrected chi connectivity index (χ0v) is 11.6. The van der Waals surface area contributed by atoms with E-state index in [1.165, 1.54) is 17.0 Å². The van der Waals surface area contributed by atoms with Crippen LogP contribution >= 0.6 is 0 Å². The molecule has 1 aliphatic rings. The summed E-state index contributed by atoms with van der Waals surface area (Å²) in [6.45, 7) is 3.39. The van der Waals surface area contributed by atoms with E-state index in [9.17, 15) is 22.8 Å². The second-order valence-electron chi connectivity index (χ2n) is 5.26. The predicted octanol–water partition coefficient (Wildman–Crippen LogP) is 2.19. The van der Waals surface area contributed by atoms with E-state index in [2.05, 4.69) is 5.32 Å². The molecule has 1 fully saturated rings. The summed E-state index contributed by atoms with van der Waals surface area (Å²) in [5.74, 6) is -0.740. The van der Waals surface area contributed by atoms with Gasteiger partial charge in [-0.2, -0.15) is 13.2 Å². The Labute approximate surface area is 119 Å². The quantitative estimate of drug-likeness (QED) is 0.910. The molecule has 1 atom stereocenters. The van der Waals surface area contributed by atoms with Crippen molar-refractivity contribution in [3.63, 3.8) is 0 Å². The standard InChI is InChI=1S/C14H15F3N2O2/c1-8(2)12-13(21)19(7-11(20)18-12)10-5-3-9(4-6-10)14(15,16)17/h3-6,8,12H,7H2,1-2H3,(H,18,20). The fourth-order valence-electron chi connectivity index (χ4n) is 2.17. The van der Waals surface area contributed by atoms with Crippen LogP contribution in [0.4, 0.5) is 18.9 Å². The number of nitrogens with zero attached hydrogens (tertiary/aromatic N) is 1. The van der Waals surface area contributed by atoms with E-state index in [0.717, 1.165) is 12.1 Å². The van der Waals surface area contributed by atoms with Gasteiger partial charge in [-0.3, -0.25) is 9.59 Å². The fourth-order valence-corrected chi connectivity index (χ4v) is 2.17. The van der Waals surface area contributed by atoms with Gasteiger partial charge in [0, 0.05) is 5.69 Å². The number of rotatable bonds is 2. The molecule has 2 rings (SSSR count). The molecule has 1 aromatic rings. The Morgan fingerprint density at radius 1 is 1.19 bits per heavy atom. The molecule has 1 aromatic carbocycles. The van der Waals surface area contributed by atoms with E-state index >= 15 is 0 Å². The lowest BCUT2D eigenvalue weighted by Crippen LogP contribution is -2.60. The Balaban J connectivity index is 2.28. The summed E-state index contributed by atoms with van der Waals surface area (Å²) in [5.41, 5.74) is -0.505. The average molecular weight is 300 g/mol. The molecular weight excluding hydrogens is 285 g/mol. The minimum atomic E-state index is -4.43. The molecule has 0 spiro atoms. The second-order valence-corrected chi connectivity index (χ2v) is 5.26. The van der Waals surface area contributed by atoms with E-state index in [1.807, 2.05) is 0 Å². The first kappa shape index (κ1) is 15.3. The summed E-state index contributed by atoms with van der Waals surface area (Å²) in [6, 6.07) is 3.56. The summed E-state index contributed by atoms with van der Waals surface area (Å²) < 4.78 is 37.6. The largest absolute Gasteiger partial charge is 0.416 e. The van der Waals surface area contributed by atoms with Gasteiger partial charge >= 0.3 is 6.18 Å². The number of hydrogen-bond donors (Lipinski definition) is 1. The number of benzene rings is 1. The van der Waals surface area contributed by atoms with Crippen molar-refractivity contribution in [2.45, 2.75) is 26.1 Å². The summed E-state index contributed by atoms with van der Waals surface area (Å²) in [7, 11) is 0. The normalized spacial score (nSPS) is 19.9. The molecule has 1 saturated heterocycles. The molecule has 4 nitrogen and oxygen atoms in total. The molecule has 0 bridgehead atoms. The van der Waals surface area contributed by atoms with E-state index in [1.54, 1.807) is 13.8 Å². The summed E-state index contributed by atoms with van der Waals surface area (Å²) >= 11 is 0. The number of amides is 2. The fraction of sp³-hybridized carbons (Fsp3) is 0.429. The van der Waals surface area contributed by atoms with Crippen LogP contribution in [0.25, 0.3) is 0 Å². The van der Waals surface area contributed by atoms with E-state index in [4.69, 9.17) is 0 Å². The Morgan fingerprint density at radius 2 is 1.76 bits per heavy atom. The highest BCUT2D eigenvalue weighted by Crippen LogP contribution is 2.31. The molecule has 2 amide bonds. The zero-order chi connectivity index (χ0) is 15.8. The van der Waals surface area contributed by atoms with Crippen LogP contribution in [0.3, 0.4) is 0 Å². The van der Waals surface area contributed by atoms with Gasteiger partial charge in [-0.05, 0) is 30.2 Å². The maximum absolute atomic E-state index is 12.5. The maximum Gasteiger partial charge on any atom is 0.416 e. The van der Waals surface area contributed by atoms with Crippen LogP contribution in [0.15, 0.2) is 24.3 Å². The summed E-state index contributed by atoms with van der Waals surface area (Å²) in [4.78, 5) is 25.1. The first-order chi connectivity index (χ1) is 9.70. The van der Waals surface area contributed by atoms with Gasteiger partial charge in [-0.1, -0.05) is 13.8 Å². The Bertz CT molecular complexity index is 552. The number of alkyl halides is 3. The molecule has 1 aliphatic heterocycles. The third-order valence-corrected chi connectivity index (χ3v) is 3.32. The van der Waals surface area contributed by atoms with Crippen molar-refractivity contribution in [1.82, 2.24) is 5.32 Å². The molecule has 1 unspecified atom stereocenters. The smallest absolute Gasteiger partial charge is 0.342 e. The number of carbonyl (C=O) groups is 2. The predicted molar refractivity (Wildman–Crippen MR) is 70.6 cm³/mol. The van der Waals surface area contributed by atoms with Crippen LogP contribution in [-0.2, 0) is 15.8 Å². The Kier molecular flexibility index (Phi) is 3.93. The van der Waals surface area contributed by atoms with Crippen LogP contribution in [0.1, 0.15) is 19.4 Å². The number of carbonyl (C=O) groups excluding carboxylic acids is 2. The molecule has 1 N–H and O–H groups in total. The lowest BCUT2D eigenvalue weighted by atomic mass is 10.00. The first-order valence-corrected chi connectivity index (χ1v) is 6.48. The highest BCUT2D eigenvalue weighted by molar-refractivity contribution is 6.06. The number of nitrogens with one attached hydrogen (secondary N) is 1. The lowest BCUT2D eigenvalue weighted by Gasteiger charge is -2.34. The number of anilines is 1. The summed E-state index contributed by atoms with van der Waals surface area (Å²) in [5, 5.41) is 2.59. The minimum Gasteiger partial charge on any atom is -0.342 e. The average Bonchev–Trinajstić information content (AvgIpc) is 2.40. The van der Waals surface area contributed by atoms with Crippen molar-refractivity contribution < 1.29 is 22.8 Å². The van der Waals surface area contributed by atoms with Gasteiger partial charge in [0.15, 0.2) is 0 Å². The lowest BCUT2D eigenvalue weighted by molar-refractivity contribution is -0.137. The topological polar surface area (TPSA) is 49.4 Å². The highest BCUT2D eigenvalue weighted by Gasteiger charge is 2.36. The third-order valence-electron chi connectivity index (χ3n) is 3.32. The molecule has 1 heterocycles. The van der Waals surface area contributed by atoms with E-state index < -0.39 is 17.8 Å². The van der Waals surface area contributed by atoms with Gasteiger partial charge in [0.1, 0.15) is 12.6 Å².